The Labute approximate surface area is 153 Å². The van der Waals surface area contributed by atoms with Gasteiger partial charge >= 0.3 is 6.03 Å². The summed E-state index contributed by atoms with van der Waals surface area (Å²) in [5, 5.41) is 2.91. The molecule has 0 radical (unpaired) electrons. The molecule has 138 valence electrons. The van der Waals surface area contributed by atoms with Crippen LogP contribution < -0.4 is 15.6 Å². The molecule has 2 heterocycles. The molecule has 1 saturated heterocycles. The predicted molar refractivity (Wildman–Crippen MR) is 100 cm³/mol. The van der Waals surface area contributed by atoms with Gasteiger partial charge in [-0.1, -0.05) is 12.1 Å². The van der Waals surface area contributed by atoms with Gasteiger partial charge in [0.15, 0.2) is 0 Å². The lowest BCUT2D eigenvalue weighted by atomic mass is 10.0. The van der Waals surface area contributed by atoms with E-state index in [0.29, 0.717) is 12.1 Å². The van der Waals surface area contributed by atoms with Crippen molar-refractivity contribution in [2.75, 3.05) is 13.7 Å². The van der Waals surface area contributed by atoms with Crippen LogP contribution in [-0.4, -0.2) is 29.6 Å². The summed E-state index contributed by atoms with van der Waals surface area (Å²) >= 11 is 0. The monoisotopic (exact) mass is 355 g/mol. The average Bonchev–Trinajstić information content (AvgIpc) is 3.10. The Morgan fingerprint density at radius 1 is 1.31 bits per heavy atom. The number of carbonyl (C=O) groups is 1. The first-order valence-electron chi connectivity index (χ1n) is 8.87. The molecule has 6 nitrogen and oxygen atoms in total. The van der Waals surface area contributed by atoms with Crippen molar-refractivity contribution in [3.05, 3.63) is 63.1 Å². The molecule has 0 aliphatic carbocycles. The van der Waals surface area contributed by atoms with Gasteiger partial charge in [-0.15, -0.1) is 0 Å². The van der Waals surface area contributed by atoms with E-state index >= 15 is 0 Å². The zero-order valence-electron chi connectivity index (χ0n) is 15.5. The number of hydrogen-bond donors (Lipinski definition) is 2. The summed E-state index contributed by atoms with van der Waals surface area (Å²) < 4.78 is 5.20. The number of aromatic nitrogens is 1. The maximum Gasteiger partial charge on any atom is 0.318 e. The zero-order chi connectivity index (χ0) is 18.7. The number of ether oxygens (including phenoxy) is 1. The third-order valence-corrected chi connectivity index (χ3v) is 4.92. The van der Waals surface area contributed by atoms with Crippen LogP contribution in [0, 0.1) is 13.8 Å². The van der Waals surface area contributed by atoms with Crippen LogP contribution in [-0.2, 0) is 6.54 Å². The van der Waals surface area contributed by atoms with Gasteiger partial charge in [0.2, 0.25) is 0 Å². The molecule has 26 heavy (non-hydrogen) atoms. The number of aromatic amines is 1. The molecule has 1 aliphatic heterocycles. The second-order valence-electron chi connectivity index (χ2n) is 6.73. The lowest BCUT2D eigenvalue weighted by Crippen LogP contribution is -2.40. The fraction of sp³-hybridized carbons (Fsp3) is 0.400. The highest BCUT2D eigenvalue weighted by atomic mass is 16.5. The van der Waals surface area contributed by atoms with Gasteiger partial charge in [-0.2, -0.15) is 0 Å². The Balaban J connectivity index is 1.69. The van der Waals surface area contributed by atoms with E-state index in [1.165, 1.54) is 0 Å². The minimum atomic E-state index is -0.143. The Morgan fingerprint density at radius 3 is 2.69 bits per heavy atom. The fourth-order valence-electron chi connectivity index (χ4n) is 3.55. The minimum absolute atomic E-state index is 0.0540. The van der Waals surface area contributed by atoms with E-state index in [9.17, 15) is 9.59 Å². The van der Waals surface area contributed by atoms with E-state index in [-0.39, 0.29) is 24.2 Å². The highest BCUT2D eigenvalue weighted by molar-refractivity contribution is 5.75. The first-order valence-corrected chi connectivity index (χ1v) is 8.87. The number of H-pyrrole nitrogens is 1. The normalized spacial score (nSPS) is 16.6. The van der Waals surface area contributed by atoms with Crippen molar-refractivity contribution in [2.24, 2.45) is 0 Å². The van der Waals surface area contributed by atoms with Gasteiger partial charge in [-0.05, 0) is 56.0 Å². The van der Waals surface area contributed by atoms with Crippen molar-refractivity contribution in [2.45, 2.75) is 39.3 Å². The van der Waals surface area contributed by atoms with Crippen molar-refractivity contribution in [3.63, 3.8) is 0 Å². The van der Waals surface area contributed by atoms with E-state index in [4.69, 9.17) is 4.74 Å². The molecule has 1 aromatic heterocycles. The van der Waals surface area contributed by atoms with Gasteiger partial charge in [0, 0.05) is 17.8 Å². The van der Waals surface area contributed by atoms with Gasteiger partial charge in [-0.25, -0.2) is 4.79 Å². The molecule has 3 rings (SSSR count). The predicted octanol–water partition coefficient (Wildman–Crippen LogP) is 3.05. The number of carbonyl (C=O) groups excluding carboxylic acids is 1. The van der Waals surface area contributed by atoms with Crippen LogP contribution in [0.25, 0.3) is 0 Å². The highest BCUT2D eigenvalue weighted by Gasteiger charge is 2.30. The molecule has 2 amide bonds. The standard InChI is InChI=1S/C20H25N3O3/c1-13-11-14(2)22-19(24)17(13)12-21-20(25)23-10-4-5-18(23)15-6-8-16(26-3)9-7-15/h6-9,11,18H,4-5,10,12H2,1-3H3,(H,21,25)(H,22,24). The molecule has 2 N–H and O–H groups in total. The fourth-order valence-corrected chi connectivity index (χ4v) is 3.55. The number of urea groups is 1. The van der Waals surface area contributed by atoms with Crippen LogP contribution in [0.4, 0.5) is 4.79 Å². The van der Waals surface area contributed by atoms with Crippen LogP contribution in [0.15, 0.2) is 35.1 Å². The number of benzene rings is 1. The molecule has 0 saturated carbocycles. The van der Waals surface area contributed by atoms with Crippen molar-refractivity contribution in [1.82, 2.24) is 15.2 Å². The van der Waals surface area contributed by atoms with Crippen molar-refractivity contribution >= 4 is 6.03 Å². The molecule has 2 aromatic rings. The molecular formula is C20H25N3O3. The van der Waals surface area contributed by atoms with Gasteiger partial charge in [0.1, 0.15) is 5.75 Å². The Hall–Kier alpha value is -2.76. The van der Waals surface area contributed by atoms with Gasteiger partial charge in [-0.3, -0.25) is 4.79 Å². The van der Waals surface area contributed by atoms with Gasteiger partial charge in [0.25, 0.3) is 5.56 Å². The number of nitrogens with one attached hydrogen (secondary N) is 2. The maximum atomic E-state index is 12.7. The van der Waals surface area contributed by atoms with Crippen LogP contribution in [0.1, 0.15) is 41.3 Å². The van der Waals surface area contributed by atoms with Crippen LogP contribution in [0.2, 0.25) is 0 Å². The number of rotatable bonds is 4. The SMILES string of the molecule is COc1ccc(C2CCCN2C(=O)NCc2c(C)cc(C)[nH]c2=O)cc1. The number of aryl methyl sites for hydroxylation is 2. The molecule has 1 aliphatic rings. The van der Waals surface area contributed by atoms with E-state index in [1.807, 2.05) is 49.1 Å². The van der Waals surface area contributed by atoms with Crippen molar-refractivity contribution in [3.8, 4) is 5.75 Å². The van der Waals surface area contributed by atoms with Crippen LogP contribution >= 0.6 is 0 Å². The second kappa shape index (κ2) is 7.64. The number of methoxy groups -OCH3 is 1. The number of hydrogen-bond acceptors (Lipinski definition) is 3. The highest BCUT2D eigenvalue weighted by Crippen LogP contribution is 2.32. The van der Waals surface area contributed by atoms with E-state index < -0.39 is 0 Å². The Bertz CT molecular complexity index is 842. The summed E-state index contributed by atoms with van der Waals surface area (Å²) in [6.07, 6.45) is 1.90. The molecule has 1 fully saturated rings. The summed E-state index contributed by atoms with van der Waals surface area (Å²) in [6.45, 7) is 4.68. The average molecular weight is 355 g/mol. The number of likely N-dealkylation sites (tertiary alicyclic amines) is 1. The first kappa shape index (κ1) is 18.0. The lowest BCUT2D eigenvalue weighted by Gasteiger charge is -2.25. The maximum absolute atomic E-state index is 12.7. The van der Waals surface area contributed by atoms with E-state index in [0.717, 1.165) is 35.4 Å². The molecule has 6 heteroatoms. The number of amides is 2. The summed E-state index contributed by atoms with van der Waals surface area (Å²) in [5.74, 6) is 0.803. The first-order chi connectivity index (χ1) is 12.5. The Morgan fingerprint density at radius 2 is 2.04 bits per heavy atom. The largest absolute Gasteiger partial charge is 0.497 e. The summed E-state index contributed by atoms with van der Waals surface area (Å²) in [7, 11) is 1.64. The molecule has 0 spiro atoms. The summed E-state index contributed by atoms with van der Waals surface area (Å²) in [6, 6.07) is 9.67. The van der Waals surface area contributed by atoms with E-state index in [2.05, 4.69) is 10.3 Å². The number of pyridine rings is 1. The van der Waals surface area contributed by atoms with Crippen molar-refractivity contribution in [1.29, 1.82) is 0 Å². The van der Waals surface area contributed by atoms with Gasteiger partial charge in [0.05, 0.1) is 19.7 Å². The second-order valence-corrected chi connectivity index (χ2v) is 6.73. The summed E-state index contributed by atoms with van der Waals surface area (Å²) in [4.78, 5) is 29.4. The molecule has 1 unspecified atom stereocenters. The quantitative estimate of drug-likeness (QED) is 0.885. The molecule has 1 aromatic carbocycles. The summed E-state index contributed by atoms with van der Waals surface area (Å²) in [5.41, 5.74) is 3.27. The topological polar surface area (TPSA) is 74.4 Å². The minimum Gasteiger partial charge on any atom is -0.497 e. The van der Waals surface area contributed by atoms with Gasteiger partial charge < -0.3 is 19.9 Å². The van der Waals surface area contributed by atoms with Crippen molar-refractivity contribution < 1.29 is 9.53 Å². The third-order valence-electron chi connectivity index (χ3n) is 4.92. The van der Waals surface area contributed by atoms with E-state index in [1.54, 1.807) is 7.11 Å². The van der Waals surface area contributed by atoms with Crippen LogP contribution in [0.5, 0.6) is 5.75 Å². The number of nitrogens with zero attached hydrogens (tertiary/aromatic N) is 1. The smallest absolute Gasteiger partial charge is 0.318 e. The lowest BCUT2D eigenvalue weighted by molar-refractivity contribution is 0.192. The molecule has 1 atom stereocenters. The molecule has 0 bridgehead atoms. The zero-order valence-corrected chi connectivity index (χ0v) is 15.5. The third kappa shape index (κ3) is 3.74. The molecular weight excluding hydrogens is 330 g/mol. The van der Waals surface area contributed by atoms with Crippen LogP contribution in [0.3, 0.4) is 0 Å². The Kier molecular flexibility index (Phi) is 5.30.